The van der Waals surface area contributed by atoms with E-state index >= 15 is 0 Å². The van der Waals surface area contributed by atoms with Crippen LogP contribution in [0.3, 0.4) is 0 Å². The van der Waals surface area contributed by atoms with Gasteiger partial charge in [0.1, 0.15) is 0 Å². The first-order chi connectivity index (χ1) is 11.9. The minimum atomic E-state index is 0.514. The molecule has 1 aliphatic carbocycles. The van der Waals surface area contributed by atoms with Gasteiger partial charge < -0.3 is 9.64 Å². The molecular weight excluding hydrogens is 328 g/mol. The van der Waals surface area contributed by atoms with Crippen molar-refractivity contribution in [1.82, 2.24) is 9.21 Å². The molecule has 0 spiro atoms. The Morgan fingerprint density at radius 1 is 1.00 bits per heavy atom. The van der Waals surface area contributed by atoms with Crippen LogP contribution in [0.25, 0.3) is 0 Å². The summed E-state index contributed by atoms with van der Waals surface area (Å²) in [7, 11) is 2.17. The molecule has 1 saturated heterocycles. The van der Waals surface area contributed by atoms with Crippen molar-refractivity contribution in [2.45, 2.75) is 77.6 Å². The topological polar surface area (TPSA) is 15.7 Å². The van der Waals surface area contributed by atoms with E-state index in [4.69, 9.17) is 4.74 Å². The maximum absolute atomic E-state index is 6.15. The summed E-state index contributed by atoms with van der Waals surface area (Å²) in [5, 5.41) is 0.658. The van der Waals surface area contributed by atoms with Crippen LogP contribution in [0, 0.1) is 17.8 Å². The van der Waals surface area contributed by atoms with Crippen molar-refractivity contribution in [3.8, 4) is 0 Å². The predicted molar refractivity (Wildman–Crippen MR) is 111 cm³/mol. The van der Waals surface area contributed by atoms with Crippen molar-refractivity contribution in [2.75, 3.05) is 39.8 Å². The van der Waals surface area contributed by atoms with E-state index in [-0.39, 0.29) is 0 Å². The molecule has 1 heterocycles. The van der Waals surface area contributed by atoms with E-state index in [1.807, 2.05) is 11.9 Å². The molecule has 148 valence electrons. The maximum atomic E-state index is 6.15. The third-order valence-electron chi connectivity index (χ3n) is 6.04. The smallest absolute Gasteiger partial charge is 0.0606 e. The zero-order valence-corrected chi connectivity index (χ0v) is 18.2. The SMILES string of the molecule is CC(C)SN(C)CCOC1CCC(CN2CCC(C(C)C)CC2)CC1. The van der Waals surface area contributed by atoms with Crippen LogP contribution >= 0.6 is 11.9 Å². The van der Waals surface area contributed by atoms with Crippen LogP contribution in [0.15, 0.2) is 0 Å². The average molecular weight is 371 g/mol. The van der Waals surface area contributed by atoms with Crippen molar-refractivity contribution in [1.29, 1.82) is 0 Å². The third-order valence-corrected chi connectivity index (χ3v) is 7.00. The largest absolute Gasteiger partial charge is 0.377 e. The Kier molecular flexibility index (Phi) is 9.61. The number of nitrogens with zero attached hydrogens (tertiary/aromatic N) is 2. The number of piperidine rings is 1. The number of likely N-dealkylation sites (N-methyl/N-ethyl adjacent to an activating group) is 1. The Bertz CT molecular complexity index is 348. The summed E-state index contributed by atoms with van der Waals surface area (Å²) in [6.45, 7) is 15.2. The number of ether oxygens (including phenoxy) is 1. The molecule has 0 aromatic rings. The van der Waals surface area contributed by atoms with E-state index in [1.54, 1.807) is 0 Å². The Labute approximate surface area is 161 Å². The van der Waals surface area contributed by atoms with Crippen LogP contribution in [0.4, 0.5) is 0 Å². The molecule has 1 aliphatic heterocycles. The van der Waals surface area contributed by atoms with Crippen LogP contribution in [0.5, 0.6) is 0 Å². The molecule has 0 aromatic heterocycles. The van der Waals surface area contributed by atoms with Gasteiger partial charge in [-0.25, -0.2) is 0 Å². The summed E-state index contributed by atoms with van der Waals surface area (Å²) in [6.07, 6.45) is 8.62. The summed E-state index contributed by atoms with van der Waals surface area (Å²) < 4.78 is 8.46. The molecule has 0 unspecified atom stereocenters. The second-order valence-electron chi connectivity index (χ2n) is 8.90. The van der Waals surface area contributed by atoms with Gasteiger partial charge in [0.05, 0.1) is 12.7 Å². The lowest BCUT2D eigenvalue weighted by Gasteiger charge is -2.37. The van der Waals surface area contributed by atoms with Crippen LogP contribution in [-0.2, 0) is 4.74 Å². The zero-order valence-electron chi connectivity index (χ0n) is 17.4. The maximum Gasteiger partial charge on any atom is 0.0606 e. The molecule has 0 atom stereocenters. The second kappa shape index (κ2) is 11.2. The number of hydrogen-bond donors (Lipinski definition) is 0. The van der Waals surface area contributed by atoms with Gasteiger partial charge in [-0.15, -0.1) is 0 Å². The summed E-state index contributed by atoms with van der Waals surface area (Å²) in [6, 6.07) is 0. The molecule has 2 rings (SSSR count). The fourth-order valence-electron chi connectivity index (χ4n) is 4.41. The highest BCUT2D eigenvalue weighted by Crippen LogP contribution is 2.30. The molecule has 0 aromatic carbocycles. The highest BCUT2D eigenvalue weighted by Gasteiger charge is 2.26. The Morgan fingerprint density at radius 2 is 1.64 bits per heavy atom. The lowest BCUT2D eigenvalue weighted by Crippen LogP contribution is -2.39. The first-order valence-electron chi connectivity index (χ1n) is 10.7. The molecule has 0 N–H and O–H groups in total. The Balaban J connectivity index is 1.54. The predicted octanol–water partition coefficient (Wildman–Crippen LogP) is 4.92. The van der Waals surface area contributed by atoms with Gasteiger partial charge in [-0.2, -0.15) is 0 Å². The first-order valence-corrected chi connectivity index (χ1v) is 11.5. The van der Waals surface area contributed by atoms with Gasteiger partial charge in [-0.3, -0.25) is 4.31 Å². The van der Waals surface area contributed by atoms with Crippen LogP contribution < -0.4 is 0 Å². The fraction of sp³-hybridized carbons (Fsp3) is 1.00. The molecule has 2 fully saturated rings. The normalized spacial score (nSPS) is 26.9. The molecule has 0 amide bonds. The molecule has 1 saturated carbocycles. The number of rotatable bonds is 9. The monoisotopic (exact) mass is 370 g/mol. The minimum Gasteiger partial charge on any atom is -0.377 e. The zero-order chi connectivity index (χ0) is 18.2. The third kappa shape index (κ3) is 8.19. The van der Waals surface area contributed by atoms with Gasteiger partial charge in [0.2, 0.25) is 0 Å². The number of likely N-dealkylation sites (tertiary alicyclic amines) is 1. The second-order valence-corrected chi connectivity index (χ2v) is 10.7. The van der Waals surface area contributed by atoms with Gasteiger partial charge in [0.25, 0.3) is 0 Å². The fourth-order valence-corrected chi connectivity index (χ4v) is 5.31. The molecule has 0 bridgehead atoms. The van der Waals surface area contributed by atoms with Gasteiger partial charge in [-0.05, 0) is 76.4 Å². The summed E-state index contributed by atoms with van der Waals surface area (Å²) in [4.78, 5) is 2.74. The van der Waals surface area contributed by atoms with Crippen molar-refractivity contribution in [2.24, 2.45) is 17.8 Å². The van der Waals surface area contributed by atoms with E-state index in [0.29, 0.717) is 11.4 Å². The summed E-state index contributed by atoms with van der Waals surface area (Å²) in [5.41, 5.74) is 0. The molecular formula is C21H42N2OS. The molecule has 4 heteroatoms. The minimum absolute atomic E-state index is 0.514. The van der Waals surface area contributed by atoms with Crippen molar-refractivity contribution in [3.05, 3.63) is 0 Å². The lowest BCUT2D eigenvalue weighted by molar-refractivity contribution is 0.0102. The Morgan fingerprint density at radius 3 is 2.20 bits per heavy atom. The van der Waals surface area contributed by atoms with Crippen molar-refractivity contribution < 1.29 is 4.74 Å². The molecule has 25 heavy (non-hydrogen) atoms. The highest BCUT2D eigenvalue weighted by molar-refractivity contribution is 7.97. The first kappa shape index (κ1) is 21.5. The molecule has 0 radical (unpaired) electrons. The summed E-state index contributed by atoms with van der Waals surface area (Å²) >= 11 is 1.91. The van der Waals surface area contributed by atoms with E-state index in [0.717, 1.165) is 30.9 Å². The molecule has 3 nitrogen and oxygen atoms in total. The van der Waals surface area contributed by atoms with Crippen LogP contribution in [-0.4, -0.2) is 60.4 Å². The van der Waals surface area contributed by atoms with Crippen LogP contribution in [0.2, 0.25) is 0 Å². The van der Waals surface area contributed by atoms with Gasteiger partial charge in [-0.1, -0.05) is 39.6 Å². The lowest BCUT2D eigenvalue weighted by atomic mass is 9.84. The average Bonchev–Trinajstić information content (AvgIpc) is 2.56. The van der Waals surface area contributed by atoms with Gasteiger partial charge >= 0.3 is 0 Å². The standard InChI is InChI=1S/C21H42N2OS/c1-17(2)20-10-12-23(13-11-20)16-19-6-8-21(9-7-19)24-15-14-22(5)25-18(3)4/h17-21H,6-16H2,1-5H3. The van der Waals surface area contributed by atoms with Crippen LogP contribution in [0.1, 0.15) is 66.2 Å². The van der Waals surface area contributed by atoms with Gasteiger partial charge in [0, 0.05) is 18.3 Å². The van der Waals surface area contributed by atoms with Crippen molar-refractivity contribution in [3.63, 3.8) is 0 Å². The van der Waals surface area contributed by atoms with E-state index in [9.17, 15) is 0 Å². The van der Waals surface area contributed by atoms with E-state index in [1.165, 1.54) is 58.2 Å². The Hall–Kier alpha value is 0.230. The van der Waals surface area contributed by atoms with E-state index in [2.05, 4.69) is 43.9 Å². The number of hydrogen-bond acceptors (Lipinski definition) is 4. The summed E-state index contributed by atoms with van der Waals surface area (Å²) in [5.74, 6) is 2.75. The van der Waals surface area contributed by atoms with E-state index < -0.39 is 0 Å². The van der Waals surface area contributed by atoms with Crippen molar-refractivity contribution >= 4 is 11.9 Å². The molecule has 2 aliphatic rings. The van der Waals surface area contributed by atoms with Gasteiger partial charge in [0.15, 0.2) is 0 Å². The quantitative estimate of drug-likeness (QED) is 0.535. The highest BCUT2D eigenvalue weighted by atomic mass is 32.2.